The number of carbonyl (C=O) groups excluding carboxylic acids is 1. The van der Waals surface area contributed by atoms with Crippen LogP contribution in [0.2, 0.25) is 0 Å². The van der Waals surface area contributed by atoms with Crippen molar-refractivity contribution in [2.24, 2.45) is 5.92 Å². The number of nitrogens with zero attached hydrogens (tertiary/aromatic N) is 1. The van der Waals surface area contributed by atoms with Gasteiger partial charge < -0.3 is 15.1 Å². The van der Waals surface area contributed by atoms with Crippen LogP contribution in [0.15, 0.2) is 45.3 Å². The molecule has 1 heterocycles. The summed E-state index contributed by atoms with van der Waals surface area (Å²) in [6.07, 6.45) is 0. The molecule has 0 unspecified atom stereocenters. The largest absolute Gasteiger partial charge is 0.436 e. The second-order valence-electron chi connectivity index (χ2n) is 5.92. The highest BCUT2D eigenvalue weighted by atomic mass is 127. The summed E-state index contributed by atoms with van der Waals surface area (Å²) in [6, 6.07) is 11.5. The van der Waals surface area contributed by atoms with Crippen molar-refractivity contribution in [1.82, 2.24) is 10.3 Å². The van der Waals surface area contributed by atoms with Crippen molar-refractivity contribution in [2.75, 3.05) is 5.32 Å². The molecule has 134 valence electrons. The maximum Gasteiger partial charge on any atom is 0.228 e. The van der Waals surface area contributed by atoms with E-state index in [0.717, 1.165) is 19.3 Å². The maximum atomic E-state index is 11.7. The second-order valence-corrected chi connectivity index (χ2v) is 8.43. The van der Waals surface area contributed by atoms with Gasteiger partial charge in [-0.05, 0) is 87.1 Å². The van der Waals surface area contributed by atoms with Crippen molar-refractivity contribution in [3.05, 3.63) is 44.4 Å². The lowest BCUT2D eigenvalue weighted by atomic mass is 10.2. The first-order chi connectivity index (χ1) is 12.3. The number of hydrogen-bond donors (Lipinski definition) is 2. The Hall–Kier alpha value is -1.52. The van der Waals surface area contributed by atoms with Gasteiger partial charge in [0.1, 0.15) is 5.52 Å². The number of oxazole rings is 1. The van der Waals surface area contributed by atoms with Gasteiger partial charge in [0.15, 0.2) is 10.7 Å². The zero-order valence-electron chi connectivity index (χ0n) is 14.0. The fraction of sp³-hybridized carbons (Fsp3) is 0.167. The van der Waals surface area contributed by atoms with Crippen molar-refractivity contribution in [1.29, 1.82) is 0 Å². The van der Waals surface area contributed by atoms with Crippen molar-refractivity contribution in [2.45, 2.75) is 13.8 Å². The third-order valence-electron chi connectivity index (χ3n) is 3.57. The van der Waals surface area contributed by atoms with E-state index in [1.165, 1.54) is 0 Å². The van der Waals surface area contributed by atoms with Gasteiger partial charge in [-0.15, -0.1) is 0 Å². The molecule has 3 aromatic rings. The van der Waals surface area contributed by atoms with Crippen molar-refractivity contribution in [3.8, 4) is 11.5 Å². The maximum absolute atomic E-state index is 11.7. The molecule has 3 rings (SSSR count). The summed E-state index contributed by atoms with van der Waals surface area (Å²) < 4.78 is 7.88. The molecule has 5 nitrogen and oxygen atoms in total. The number of rotatable bonds is 3. The average molecular weight is 544 g/mol. The average Bonchev–Trinajstić information content (AvgIpc) is 2.99. The lowest BCUT2D eigenvalue weighted by molar-refractivity contribution is -0.122. The third kappa shape index (κ3) is 4.41. The molecular formula is C18H15BrIN3O2S. The van der Waals surface area contributed by atoms with E-state index >= 15 is 0 Å². The summed E-state index contributed by atoms with van der Waals surface area (Å²) in [5.41, 5.74) is 3.00. The Balaban J connectivity index is 1.85. The van der Waals surface area contributed by atoms with E-state index in [0.29, 0.717) is 17.0 Å². The van der Waals surface area contributed by atoms with Crippen molar-refractivity contribution < 1.29 is 9.21 Å². The lowest BCUT2D eigenvalue weighted by Gasteiger charge is -2.10. The molecule has 0 aliphatic rings. The first kappa shape index (κ1) is 19.2. The Kier molecular flexibility index (Phi) is 5.93. The summed E-state index contributed by atoms with van der Waals surface area (Å²) >= 11 is 11.0. The van der Waals surface area contributed by atoms with Crippen molar-refractivity contribution >= 4 is 78.5 Å². The molecule has 0 aliphatic carbocycles. The van der Waals surface area contributed by atoms with E-state index in [1.54, 1.807) is 0 Å². The predicted molar refractivity (Wildman–Crippen MR) is 119 cm³/mol. The molecule has 0 radical (unpaired) electrons. The number of amides is 1. The quantitative estimate of drug-likeness (QED) is 0.345. The van der Waals surface area contributed by atoms with Crippen LogP contribution in [-0.4, -0.2) is 16.0 Å². The van der Waals surface area contributed by atoms with Crippen LogP contribution in [0.4, 0.5) is 5.69 Å². The smallest absolute Gasteiger partial charge is 0.228 e. The van der Waals surface area contributed by atoms with Gasteiger partial charge in [0.2, 0.25) is 11.8 Å². The lowest BCUT2D eigenvalue weighted by Crippen LogP contribution is -2.36. The molecule has 1 aromatic heterocycles. The van der Waals surface area contributed by atoms with Gasteiger partial charge in [-0.3, -0.25) is 4.79 Å². The van der Waals surface area contributed by atoms with E-state index in [4.69, 9.17) is 16.6 Å². The van der Waals surface area contributed by atoms with Crippen LogP contribution in [0.25, 0.3) is 22.6 Å². The second kappa shape index (κ2) is 8.01. The summed E-state index contributed by atoms with van der Waals surface area (Å²) in [7, 11) is 0. The molecule has 8 heteroatoms. The van der Waals surface area contributed by atoms with Gasteiger partial charge >= 0.3 is 0 Å². The Labute approximate surface area is 178 Å². The van der Waals surface area contributed by atoms with Crippen LogP contribution in [0, 0.1) is 9.49 Å². The summed E-state index contributed by atoms with van der Waals surface area (Å²) in [5.74, 6) is 0.275. The Morgan fingerprint density at radius 1 is 1.27 bits per heavy atom. The predicted octanol–water partition coefficient (Wildman–Crippen LogP) is 5.33. The van der Waals surface area contributed by atoms with Crippen LogP contribution in [0.3, 0.4) is 0 Å². The van der Waals surface area contributed by atoms with E-state index in [2.05, 4.69) is 54.1 Å². The molecule has 0 bridgehead atoms. The molecule has 0 saturated heterocycles. The highest BCUT2D eigenvalue weighted by Gasteiger charge is 2.13. The van der Waals surface area contributed by atoms with E-state index in [-0.39, 0.29) is 16.9 Å². The molecule has 0 saturated carbocycles. The minimum atomic E-state index is -0.137. The fourth-order valence-corrected chi connectivity index (χ4v) is 3.33. The number of thiocarbonyl (C=S) groups is 1. The number of halogens is 2. The summed E-state index contributed by atoms with van der Waals surface area (Å²) in [5, 5.41) is 5.90. The number of hydrogen-bond acceptors (Lipinski definition) is 4. The minimum absolute atomic E-state index is 0.129. The number of benzene rings is 2. The van der Waals surface area contributed by atoms with Gasteiger partial charge in [-0.2, -0.15) is 0 Å². The van der Waals surface area contributed by atoms with E-state index in [1.807, 2.05) is 50.2 Å². The van der Waals surface area contributed by atoms with Crippen LogP contribution in [0.5, 0.6) is 0 Å². The first-order valence-electron chi connectivity index (χ1n) is 7.81. The Morgan fingerprint density at radius 2 is 2.04 bits per heavy atom. The normalized spacial score (nSPS) is 11.0. The molecule has 0 atom stereocenters. The van der Waals surface area contributed by atoms with Gasteiger partial charge in [-0.25, -0.2) is 4.98 Å². The third-order valence-corrected chi connectivity index (χ3v) is 5.13. The van der Waals surface area contributed by atoms with Gasteiger partial charge in [0, 0.05) is 19.6 Å². The zero-order valence-corrected chi connectivity index (χ0v) is 18.5. The SMILES string of the molecule is CC(C)C(=O)NC(=S)Nc1ccc2oc(-c3cc(I)ccc3Br)nc2c1. The number of carbonyl (C=O) groups is 1. The van der Waals surface area contributed by atoms with E-state index in [9.17, 15) is 4.79 Å². The van der Waals surface area contributed by atoms with Gasteiger partial charge in [0.25, 0.3) is 0 Å². The molecule has 2 N–H and O–H groups in total. The highest BCUT2D eigenvalue weighted by Crippen LogP contribution is 2.32. The first-order valence-corrected chi connectivity index (χ1v) is 10.1. The van der Waals surface area contributed by atoms with Crippen molar-refractivity contribution in [3.63, 3.8) is 0 Å². The van der Waals surface area contributed by atoms with Crippen LogP contribution < -0.4 is 10.6 Å². The Bertz CT molecular complexity index is 1000. The molecule has 2 aromatic carbocycles. The van der Waals surface area contributed by atoms with Gasteiger partial charge in [-0.1, -0.05) is 13.8 Å². The summed E-state index contributed by atoms with van der Waals surface area (Å²) in [6.45, 7) is 3.62. The molecule has 26 heavy (non-hydrogen) atoms. The van der Waals surface area contributed by atoms with Crippen LogP contribution >= 0.6 is 50.7 Å². The number of nitrogens with one attached hydrogen (secondary N) is 2. The molecule has 0 aliphatic heterocycles. The number of aromatic nitrogens is 1. The molecule has 0 spiro atoms. The van der Waals surface area contributed by atoms with E-state index < -0.39 is 0 Å². The highest BCUT2D eigenvalue weighted by molar-refractivity contribution is 14.1. The number of fused-ring (bicyclic) bond motifs is 1. The Morgan fingerprint density at radius 3 is 2.77 bits per heavy atom. The zero-order chi connectivity index (χ0) is 18.8. The standard InChI is InChI=1S/C18H15BrIN3O2S/c1-9(2)16(24)23-18(26)21-11-4-6-15-14(8-11)22-17(25-15)12-7-10(20)3-5-13(12)19/h3-9H,1-2H3,(H2,21,23,24,26). The molecule has 1 amide bonds. The molecular weight excluding hydrogens is 529 g/mol. The fourth-order valence-electron chi connectivity index (χ4n) is 2.20. The topological polar surface area (TPSA) is 67.2 Å². The number of anilines is 1. The van der Waals surface area contributed by atoms with Crippen LogP contribution in [-0.2, 0) is 4.79 Å². The van der Waals surface area contributed by atoms with Gasteiger partial charge in [0.05, 0.1) is 5.56 Å². The monoisotopic (exact) mass is 543 g/mol. The van der Waals surface area contributed by atoms with Crippen LogP contribution in [0.1, 0.15) is 13.8 Å². The molecule has 0 fully saturated rings. The summed E-state index contributed by atoms with van der Waals surface area (Å²) in [4.78, 5) is 16.3. The minimum Gasteiger partial charge on any atom is -0.436 e.